The SMILES string of the molecule is CCC(NC(C)=O)/C(C)=C\NC(C)=O. The average molecular weight is 198 g/mol. The van der Waals surface area contributed by atoms with E-state index in [1.807, 2.05) is 13.8 Å². The van der Waals surface area contributed by atoms with Gasteiger partial charge in [0.25, 0.3) is 0 Å². The van der Waals surface area contributed by atoms with Crippen molar-refractivity contribution < 1.29 is 9.59 Å². The molecule has 1 atom stereocenters. The lowest BCUT2D eigenvalue weighted by Gasteiger charge is -2.16. The Morgan fingerprint density at radius 1 is 1.21 bits per heavy atom. The molecule has 4 heteroatoms. The molecule has 0 saturated heterocycles. The fourth-order valence-corrected chi connectivity index (χ4v) is 1.10. The molecule has 0 aliphatic carbocycles. The Morgan fingerprint density at radius 2 is 1.79 bits per heavy atom. The van der Waals surface area contributed by atoms with Gasteiger partial charge in [-0.1, -0.05) is 6.92 Å². The molecule has 2 amide bonds. The Kier molecular flexibility index (Phi) is 5.60. The molecule has 0 aromatic heterocycles. The van der Waals surface area contributed by atoms with Crippen molar-refractivity contribution in [2.75, 3.05) is 0 Å². The maximum atomic E-state index is 10.8. The summed E-state index contributed by atoms with van der Waals surface area (Å²) in [7, 11) is 0. The van der Waals surface area contributed by atoms with Crippen molar-refractivity contribution in [3.63, 3.8) is 0 Å². The fourth-order valence-electron chi connectivity index (χ4n) is 1.10. The van der Waals surface area contributed by atoms with Gasteiger partial charge in [-0.3, -0.25) is 9.59 Å². The summed E-state index contributed by atoms with van der Waals surface area (Å²) in [5.41, 5.74) is 0.943. The largest absolute Gasteiger partial charge is 0.350 e. The van der Waals surface area contributed by atoms with Crippen molar-refractivity contribution in [2.24, 2.45) is 0 Å². The van der Waals surface area contributed by atoms with E-state index >= 15 is 0 Å². The van der Waals surface area contributed by atoms with Crippen LogP contribution in [0.15, 0.2) is 11.8 Å². The van der Waals surface area contributed by atoms with Gasteiger partial charge in [-0.15, -0.1) is 0 Å². The molecular formula is C10H18N2O2. The van der Waals surface area contributed by atoms with E-state index in [1.165, 1.54) is 13.8 Å². The minimum absolute atomic E-state index is 0.000602. The number of rotatable bonds is 4. The highest BCUT2D eigenvalue weighted by Crippen LogP contribution is 2.03. The molecule has 0 radical (unpaired) electrons. The molecule has 0 bridgehead atoms. The first-order valence-corrected chi connectivity index (χ1v) is 4.68. The van der Waals surface area contributed by atoms with Crippen LogP contribution in [0.2, 0.25) is 0 Å². The molecule has 0 aliphatic rings. The second kappa shape index (κ2) is 6.18. The normalized spacial score (nSPS) is 13.3. The van der Waals surface area contributed by atoms with Gasteiger partial charge >= 0.3 is 0 Å². The van der Waals surface area contributed by atoms with Crippen LogP contribution in [-0.4, -0.2) is 17.9 Å². The van der Waals surface area contributed by atoms with Crippen molar-refractivity contribution in [2.45, 2.75) is 40.2 Å². The Balaban J connectivity index is 4.28. The van der Waals surface area contributed by atoms with E-state index in [0.29, 0.717) is 0 Å². The summed E-state index contributed by atoms with van der Waals surface area (Å²) >= 11 is 0. The van der Waals surface area contributed by atoms with Gasteiger partial charge in [-0.2, -0.15) is 0 Å². The first-order chi connectivity index (χ1) is 6.47. The molecule has 0 heterocycles. The van der Waals surface area contributed by atoms with Crippen molar-refractivity contribution in [3.05, 3.63) is 11.8 Å². The number of hydrogen-bond acceptors (Lipinski definition) is 2. The Morgan fingerprint density at radius 3 is 2.14 bits per heavy atom. The van der Waals surface area contributed by atoms with E-state index in [4.69, 9.17) is 0 Å². The maximum Gasteiger partial charge on any atom is 0.220 e. The summed E-state index contributed by atoms with van der Waals surface area (Å²) in [6, 6.07) is -0.000602. The summed E-state index contributed by atoms with van der Waals surface area (Å²) in [6.07, 6.45) is 2.44. The van der Waals surface area contributed by atoms with Gasteiger partial charge in [0.15, 0.2) is 0 Å². The topological polar surface area (TPSA) is 58.2 Å². The van der Waals surface area contributed by atoms with E-state index in [1.54, 1.807) is 6.20 Å². The van der Waals surface area contributed by atoms with E-state index in [0.717, 1.165) is 12.0 Å². The van der Waals surface area contributed by atoms with Crippen LogP contribution < -0.4 is 10.6 Å². The smallest absolute Gasteiger partial charge is 0.220 e. The van der Waals surface area contributed by atoms with E-state index in [-0.39, 0.29) is 17.9 Å². The van der Waals surface area contributed by atoms with Crippen LogP contribution in [0.25, 0.3) is 0 Å². The molecule has 0 aromatic carbocycles. The second-order valence-corrected chi connectivity index (χ2v) is 3.25. The van der Waals surface area contributed by atoms with Gasteiger partial charge in [0, 0.05) is 20.0 Å². The molecule has 0 aromatic rings. The predicted octanol–water partition coefficient (Wildman–Crippen LogP) is 0.941. The van der Waals surface area contributed by atoms with Gasteiger partial charge in [-0.05, 0) is 18.9 Å². The quantitative estimate of drug-likeness (QED) is 0.706. The van der Waals surface area contributed by atoms with Gasteiger partial charge in [0.2, 0.25) is 11.8 Å². The Labute approximate surface area is 84.8 Å². The average Bonchev–Trinajstić information content (AvgIpc) is 2.09. The molecule has 0 aliphatic heterocycles. The van der Waals surface area contributed by atoms with Crippen LogP contribution in [-0.2, 0) is 9.59 Å². The van der Waals surface area contributed by atoms with Gasteiger partial charge in [-0.25, -0.2) is 0 Å². The van der Waals surface area contributed by atoms with Gasteiger partial charge in [0.1, 0.15) is 0 Å². The van der Waals surface area contributed by atoms with Gasteiger partial charge < -0.3 is 10.6 Å². The standard InChI is InChI=1S/C10H18N2O2/c1-5-10(12-9(4)14)7(2)6-11-8(3)13/h6,10H,5H2,1-4H3,(H,11,13)(H,12,14)/b7-6-. The highest BCUT2D eigenvalue weighted by atomic mass is 16.2. The zero-order chi connectivity index (χ0) is 11.1. The molecule has 80 valence electrons. The van der Waals surface area contributed by atoms with Crippen molar-refractivity contribution in [3.8, 4) is 0 Å². The summed E-state index contributed by atoms with van der Waals surface area (Å²) < 4.78 is 0. The Bertz CT molecular complexity index is 247. The summed E-state index contributed by atoms with van der Waals surface area (Å²) in [4.78, 5) is 21.5. The van der Waals surface area contributed by atoms with Crippen molar-refractivity contribution in [1.82, 2.24) is 10.6 Å². The molecule has 4 nitrogen and oxygen atoms in total. The van der Waals surface area contributed by atoms with Crippen molar-refractivity contribution in [1.29, 1.82) is 0 Å². The zero-order valence-electron chi connectivity index (χ0n) is 9.18. The predicted molar refractivity (Wildman–Crippen MR) is 55.5 cm³/mol. The third kappa shape index (κ3) is 5.35. The summed E-state index contributed by atoms with van der Waals surface area (Å²) in [5.74, 6) is -0.172. The highest BCUT2D eigenvalue weighted by Gasteiger charge is 2.08. The first-order valence-electron chi connectivity index (χ1n) is 4.68. The minimum Gasteiger partial charge on any atom is -0.350 e. The monoisotopic (exact) mass is 198 g/mol. The Hall–Kier alpha value is -1.32. The van der Waals surface area contributed by atoms with Crippen LogP contribution in [0.1, 0.15) is 34.1 Å². The molecule has 0 rings (SSSR count). The minimum atomic E-state index is -0.109. The van der Waals surface area contributed by atoms with Crippen molar-refractivity contribution >= 4 is 11.8 Å². The molecule has 14 heavy (non-hydrogen) atoms. The van der Waals surface area contributed by atoms with E-state index in [9.17, 15) is 9.59 Å². The third-order valence-electron chi connectivity index (χ3n) is 1.84. The van der Waals surface area contributed by atoms with Crippen LogP contribution in [0.5, 0.6) is 0 Å². The molecule has 2 N–H and O–H groups in total. The molecule has 0 spiro atoms. The van der Waals surface area contributed by atoms with Crippen LogP contribution in [0.3, 0.4) is 0 Å². The highest BCUT2D eigenvalue weighted by molar-refractivity contribution is 5.74. The number of hydrogen-bond donors (Lipinski definition) is 2. The lowest BCUT2D eigenvalue weighted by molar-refractivity contribution is -0.119. The number of nitrogens with one attached hydrogen (secondary N) is 2. The summed E-state index contributed by atoms with van der Waals surface area (Å²) in [5, 5.41) is 5.38. The lowest BCUT2D eigenvalue weighted by atomic mass is 10.1. The van der Waals surface area contributed by atoms with Gasteiger partial charge in [0.05, 0.1) is 6.04 Å². The zero-order valence-corrected chi connectivity index (χ0v) is 9.18. The summed E-state index contributed by atoms with van der Waals surface area (Å²) in [6.45, 7) is 6.78. The number of amides is 2. The maximum absolute atomic E-state index is 10.8. The third-order valence-corrected chi connectivity index (χ3v) is 1.84. The number of carbonyl (C=O) groups excluding carboxylic acids is 2. The van der Waals surface area contributed by atoms with E-state index in [2.05, 4.69) is 10.6 Å². The molecule has 1 unspecified atom stereocenters. The van der Waals surface area contributed by atoms with Crippen LogP contribution in [0.4, 0.5) is 0 Å². The molecule has 0 saturated carbocycles. The van der Waals surface area contributed by atoms with E-state index < -0.39 is 0 Å². The number of carbonyl (C=O) groups is 2. The fraction of sp³-hybridized carbons (Fsp3) is 0.600. The first kappa shape index (κ1) is 12.7. The van der Waals surface area contributed by atoms with Crippen LogP contribution >= 0.6 is 0 Å². The van der Waals surface area contributed by atoms with Crippen LogP contribution in [0, 0.1) is 0 Å². The molecular weight excluding hydrogens is 180 g/mol. The molecule has 0 fully saturated rings. The lowest BCUT2D eigenvalue weighted by Crippen LogP contribution is -2.34. The second-order valence-electron chi connectivity index (χ2n) is 3.25.